The van der Waals surface area contributed by atoms with Gasteiger partial charge < -0.3 is 4.74 Å². The van der Waals surface area contributed by atoms with Crippen molar-refractivity contribution < 1.29 is 9.53 Å². The number of carbonyl (C=O) groups is 1. The topological polar surface area (TPSA) is 50.4 Å². The summed E-state index contributed by atoms with van der Waals surface area (Å²) in [4.78, 5) is 11.8. The molecule has 0 spiro atoms. The van der Waals surface area contributed by atoms with E-state index in [-0.39, 0.29) is 5.91 Å². The molecule has 1 aliphatic carbocycles. The third-order valence-electron chi connectivity index (χ3n) is 3.43. The van der Waals surface area contributed by atoms with Crippen LogP contribution in [0.2, 0.25) is 0 Å². The highest BCUT2D eigenvalue weighted by Crippen LogP contribution is 2.20. The fraction of sp³-hybridized carbons (Fsp3) is 0.500. The number of methoxy groups -OCH3 is 1. The monoisotopic (exact) mass is 248 g/mol. The second-order valence-electron chi connectivity index (χ2n) is 4.67. The molecule has 2 rings (SSSR count). The zero-order chi connectivity index (χ0) is 12.8. The molecule has 0 unspecified atom stereocenters. The Morgan fingerprint density at radius 2 is 1.83 bits per heavy atom. The number of hydrogen-bond donors (Lipinski definition) is 2. The second kappa shape index (κ2) is 6.52. The van der Waals surface area contributed by atoms with Gasteiger partial charge in [0.15, 0.2) is 0 Å². The lowest BCUT2D eigenvalue weighted by atomic mass is 9.93. The Bertz CT molecular complexity index is 373. The molecule has 2 N–H and O–H groups in total. The van der Waals surface area contributed by atoms with Crippen LogP contribution in [0.4, 0.5) is 0 Å². The molecule has 0 aromatic heterocycles. The van der Waals surface area contributed by atoms with E-state index in [9.17, 15) is 4.79 Å². The van der Waals surface area contributed by atoms with Crippen LogP contribution in [0.15, 0.2) is 30.3 Å². The largest absolute Gasteiger partial charge is 0.381 e. The molecular weight excluding hydrogens is 228 g/mol. The van der Waals surface area contributed by atoms with E-state index >= 15 is 0 Å². The van der Waals surface area contributed by atoms with E-state index in [0.717, 1.165) is 25.7 Å². The summed E-state index contributed by atoms with van der Waals surface area (Å²) in [6, 6.07) is 9.58. The van der Waals surface area contributed by atoms with Crippen LogP contribution < -0.4 is 10.9 Å². The first-order valence-corrected chi connectivity index (χ1v) is 6.43. The Morgan fingerprint density at radius 3 is 2.44 bits per heavy atom. The lowest BCUT2D eigenvalue weighted by Gasteiger charge is -2.28. The van der Waals surface area contributed by atoms with Gasteiger partial charge in [-0.25, -0.2) is 5.43 Å². The summed E-state index contributed by atoms with van der Waals surface area (Å²) in [5, 5.41) is 0. The first-order chi connectivity index (χ1) is 8.79. The minimum absolute atomic E-state index is 0.0792. The van der Waals surface area contributed by atoms with Crippen LogP contribution in [0, 0.1) is 0 Å². The summed E-state index contributed by atoms with van der Waals surface area (Å²) in [5.74, 6) is -0.0792. The van der Waals surface area contributed by atoms with Crippen LogP contribution in [0.1, 0.15) is 36.0 Å². The van der Waals surface area contributed by atoms with Crippen molar-refractivity contribution >= 4 is 5.91 Å². The highest BCUT2D eigenvalue weighted by atomic mass is 16.5. The van der Waals surface area contributed by atoms with E-state index in [4.69, 9.17) is 4.74 Å². The molecule has 1 aromatic carbocycles. The van der Waals surface area contributed by atoms with Crippen LogP contribution in [0.5, 0.6) is 0 Å². The third-order valence-corrected chi connectivity index (χ3v) is 3.43. The number of carbonyl (C=O) groups excluding carboxylic acids is 1. The molecular formula is C14H20N2O2. The lowest BCUT2D eigenvalue weighted by Crippen LogP contribution is -2.46. The average molecular weight is 248 g/mol. The van der Waals surface area contributed by atoms with E-state index in [1.54, 1.807) is 19.2 Å². The maximum absolute atomic E-state index is 11.8. The van der Waals surface area contributed by atoms with Gasteiger partial charge >= 0.3 is 0 Å². The van der Waals surface area contributed by atoms with Gasteiger partial charge in [-0.2, -0.15) is 0 Å². The number of amides is 1. The van der Waals surface area contributed by atoms with Crippen molar-refractivity contribution in [3.63, 3.8) is 0 Å². The van der Waals surface area contributed by atoms with Crippen molar-refractivity contribution in [2.75, 3.05) is 7.11 Å². The quantitative estimate of drug-likeness (QED) is 0.800. The molecule has 0 radical (unpaired) electrons. The van der Waals surface area contributed by atoms with Gasteiger partial charge in [-0.1, -0.05) is 18.2 Å². The molecule has 1 amide bonds. The fourth-order valence-electron chi connectivity index (χ4n) is 2.27. The molecule has 4 heteroatoms. The van der Waals surface area contributed by atoms with Gasteiger partial charge in [-0.05, 0) is 37.8 Å². The van der Waals surface area contributed by atoms with E-state index < -0.39 is 0 Å². The van der Waals surface area contributed by atoms with Crippen molar-refractivity contribution in [3.05, 3.63) is 35.9 Å². The Kier molecular flexibility index (Phi) is 4.73. The van der Waals surface area contributed by atoms with E-state index in [1.807, 2.05) is 18.2 Å². The van der Waals surface area contributed by atoms with Crippen LogP contribution in [-0.4, -0.2) is 25.2 Å². The summed E-state index contributed by atoms with van der Waals surface area (Å²) in [5.41, 5.74) is 6.56. The Morgan fingerprint density at radius 1 is 1.17 bits per heavy atom. The first-order valence-electron chi connectivity index (χ1n) is 6.43. The summed E-state index contributed by atoms with van der Waals surface area (Å²) in [6.07, 6.45) is 4.55. The summed E-state index contributed by atoms with van der Waals surface area (Å²) in [6.45, 7) is 0. The van der Waals surface area contributed by atoms with E-state index in [0.29, 0.717) is 17.7 Å². The maximum Gasteiger partial charge on any atom is 0.265 e. The minimum Gasteiger partial charge on any atom is -0.381 e. The van der Waals surface area contributed by atoms with Gasteiger partial charge in [0.2, 0.25) is 0 Å². The molecule has 0 saturated heterocycles. The third kappa shape index (κ3) is 3.55. The van der Waals surface area contributed by atoms with Crippen molar-refractivity contribution in [3.8, 4) is 0 Å². The molecule has 1 aliphatic rings. The standard InChI is InChI=1S/C14H20N2O2/c1-18-13-9-7-12(8-10-13)15-16-14(17)11-5-3-2-4-6-11/h2-6,12-13,15H,7-10H2,1H3,(H,16,17). The van der Waals surface area contributed by atoms with Gasteiger partial charge in [0, 0.05) is 18.7 Å². The van der Waals surface area contributed by atoms with E-state index in [1.165, 1.54) is 0 Å². The molecule has 0 aliphatic heterocycles. The Labute approximate surface area is 108 Å². The van der Waals surface area contributed by atoms with Gasteiger partial charge in [-0.3, -0.25) is 10.2 Å². The molecule has 1 fully saturated rings. The van der Waals surface area contributed by atoms with Crippen molar-refractivity contribution in [1.82, 2.24) is 10.9 Å². The summed E-state index contributed by atoms with van der Waals surface area (Å²) in [7, 11) is 1.76. The Balaban J connectivity index is 1.74. The van der Waals surface area contributed by atoms with Crippen LogP contribution in [0.3, 0.4) is 0 Å². The normalized spacial score (nSPS) is 23.6. The second-order valence-corrected chi connectivity index (χ2v) is 4.67. The first kappa shape index (κ1) is 13.1. The zero-order valence-electron chi connectivity index (χ0n) is 10.7. The zero-order valence-corrected chi connectivity index (χ0v) is 10.7. The highest BCUT2D eigenvalue weighted by molar-refractivity contribution is 5.93. The maximum atomic E-state index is 11.8. The van der Waals surface area contributed by atoms with Gasteiger partial charge in [-0.15, -0.1) is 0 Å². The Hall–Kier alpha value is -1.39. The molecule has 1 aromatic rings. The molecule has 0 bridgehead atoms. The van der Waals surface area contributed by atoms with Crippen LogP contribution in [0.25, 0.3) is 0 Å². The molecule has 18 heavy (non-hydrogen) atoms. The number of hydrogen-bond acceptors (Lipinski definition) is 3. The summed E-state index contributed by atoms with van der Waals surface area (Å²) >= 11 is 0. The molecule has 4 nitrogen and oxygen atoms in total. The fourth-order valence-corrected chi connectivity index (χ4v) is 2.27. The SMILES string of the molecule is COC1CCC(NNC(=O)c2ccccc2)CC1. The molecule has 98 valence electrons. The predicted molar refractivity (Wildman–Crippen MR) is 70.1 cm³/mol. The molecule has 0 heterocycles. The molecule has 1 saturated carbocycles. The van der Waals surface area contributed by atoms with Crippen molar-refractivity contribution in [2.45, 2.75) is 37.8 Å². The van der Waals surface area contributed by atoms with Crippen LogP contribution in [-0.2, 0) is 4.74 Å². The van der Waals surface area contributed by atoms with Crippen molar-refractivity contribution in [2.24, 2.45) is 0 Å². The number of hydrazine groups is 1. The molecule has 0 atom stereocenters. The van der Waals surface area contributed by atoms with E-state index in [2.05, 4.69) is 10.9 Å². The minimum atomic E-state index is -0.0792. The number of nitrogens with one attached hydrogen (secondary N) is 2. The lowest BCUT2D eigenvalue weighted by molar-refractivity contribution is 0.0597. The predicted octanol–water partition coefficient (Wildman–Crippen LogP) is 1.88. The average Bonchev–Trinajstić information content (AvgIpc) is 2.46. The van der Waals surface area contributed by atoms with Crippen LogP contribution >= 0.6 is 0 Å². The number of benzene rings is 1. The highest BCUT2D eigenvalue weighted by Gasteiger charge is 2.20. The number of ether oxygens (including phenoxy) is 1. The summed E-state index contributed by atoms with van der Waals surface area (Å²) < 4.78 is 5.32. The van der Waals surface area contributed by atoms with Gasteiger partial charge in [0.05, 0.1) is 6.10 Å². The van der Waals surface area contributed by atoms with Gasteiger partial charge in [0.25, 0.3) is 5.91 Å². The smallest absolute Gasteiger partial charge is 0.265 e. The van der Waals surface area contributed by atoms with Crippen molar-refractivity contribution in [1.29, 1.82) is 0 Å². The van der Waals surface area contributed by atoms with Gasteiger partial charge in [0.1, 0.15) is 0 Å². The number of rotatable bonds is 4.